The van der Waals surface area contributed by atoms with Crippen LogP contribution in [-0.2, 0) is 19.1 Å². The Hall–Kier alpha value is -3.08. The first kappa shape index (κ1) is 24.2. The normalized spacial score (nSPS) is 14.5. The first-order valence-electron chi connectivity index (χ1n) is 10.5. The van der Waals surface area contributed by atoms with Crippen LogP contribution in [0.1, 0.15) is 45.6 Å². The number of benzene rings is 1. The predicted molar refractivity (Wildman–Crippen MR) is 115 cm³/mol. The van der Waals surface area contributed by atoms with Crippen molar-refractivity contribution in [2.75, 3.05) is 31.1 Å². The monoisotopic (exact) mass is 429 g/mol. The second kappa shape index (κ2) is 10.8. The Morgan fingerprint density at radius 2 is 1.77 bits per heavy atom. The SMILES string of the molecule is Cc1ccc(N(CCC#N)C(=O)COC(=O)C2CCN(C(=O)OC(C)(C)C)CC2)cc1. The van der Waals surface area contributed by atoms with Crippen molar-refractivity contribution in [2.45, 2.75) is 52.6 Å². The third-order valence-corrected chi connectivity index (χ3v) is 4.91. The number of hydrogen-bond donors (Lipinski definition) is 0. The summed E-state index contributed by atoms with van der Waals surface area (Å²) >= 11 is 0. The Bertz CT molecular complexity index is 815. The number of aryl methyl sites for hydroxylation is 1. The largest absolute Gasteiger partial charge is 0.455 e. The molecule has 0 unspecified atom stereocenters. The molecule has 0 aliphatic carbocycles. The molecule has 0 aromatic heterocycles. The fraction of sp³-hybridized carbons (Fsp3) is 0.565. The highest BCUT2D eigenvalue weighted by molar-refractivity contribution is 5.95. The van der Waals surface area contributed by atoms with E-state index in [0.717, 1.165) is 5.56 Å². The molecule has 0 atom stereocenters. The summed E-state index contributed by atoms with van der Waals surface area (Å²) in [6, 6.07) is 9.41. The standard InChI is InChI=1S/C23H31N3O5/c1-17-6-8-19(9-7-17)26(13-5-12-24)20(27)16-30-21(28)18-10-14-25(15-11-18)22(29)31-23(2,3)4/h6-9,18H,5,10-11,13-16H2,1-4H3. The average Bonchev–Trinajstić information content (AvgIpc) is 2.72. The van der Waals surface area contributed by atoms with E-state index in [2.05, 4.69) is 0 Å². The fourth-order valence-corrected chi connectivity index (χ4v) is 3.24. The highest BCUT2D eigenvalue weighted by Gasteiger charge is 2.31. The van der Waals surface area contributed by atoms with Crippen molar-refractivity contribution < 1.29 is 23.9 Å². The molecule has 2 amide bonds. The molecule has 1 heterocycles. The number of nitrogens with zero attached hydrogens (tertiary/aromatic N) is 3. The molecule has 1 aliphatic rings. The van der Waals surface area contributed by atoms with Gasteiger partial charge in [0.1, 0.15) is 5.60 Å². The van der Waals surface area contributed by atoms with Crippen LogP contribution >= 0.6 is 0 Å². The van der Waals surface area contributed by atoms with Crippen molar-refractivity contribution in [3.8, 4) is 6.07 Å². The molecule has 1 aromatic rings. The quantitative estimate of drug-likeness (QED) is 0.642. The molecule has 2 rings (SSSR count). The zero-order chi connectivity index (χ0) is 23.0. The van der Waals surface area contributed by atoms with Crippen LogP contribution in [-0.4, -0.2) is 54.7 Å². The lowest BCUT2D eigenvalue weighted by Crippen LogP contribution is -2.43. The van der Waals surface area contributed by atoms with E-state index in [9.17, 15) is 14.4 Å². The number of hydrogen-bond acceptors (Lipinski definition) is 6. The molecule has 8 heteroatoms. The van der Waals surface area contributed by atoms with Gasteiger partial charge in [0.05, 0.1) is 18.4 Å². The van der Waals surface area contributed by atoms with E-state index < -0.39 is 11.6 Å². The van der Waals surface area contributed by atoms with E-state index in [1.807, 2.05) is 45.9 Å². The zero-order valence-corrected chi connectivity index (χ0v) is 18.7. The van der Waals surface area contributed by atoms with Crippen molar-refractivity contribution in [1.82, 2.24) is 4.90 Å². The molecule has 31 heavy (non-hydrogen) atoms. The van der Waals surface area contributed by atoms with Gasteiger partial charge in [-0.05, 0) is 52.7 Å². The second-order valence-electron chi connectivity index (χ2n) is 8.64. The number of carbonyl (C=O) groups is 3. The van der Waals surface area contributed by atoms with Gasteiger partial charge in [0, 0.05) is 25.3 Å². The molecule has 1 saturated heterocycles. The summed E-state index contributed by atoms with van der Waals surface area (Å²) in [7, 11) is 0. The van der Waals surface area contributed by atoms with Crippen molar-refractivity contribution in [3.05, 3.63) is 29.8 Å². The van der Waals surface area contributed by atoms with Crippen LogP contribution in [0.5, 0.6) is 0 Å². The summed E-state index contributed by atoms with van der Waals surface area (Å²) in [6.45, 7) is 8.02. The Morgan fingerprint density at radius 1 is 1.16 bits per heavy atom. The maximum absolute atomic E-state index is 12.7. The van der Waals surface area contributed by atoms with Crippen molar-refractivity contribution >= 4 is 23.7 Å². The Morgan fingerprint density at radius 3 is 2.32 bits per heavy atom. The van der Waals surface area contributed by atoms with E-state index >= 15 is 0 Å². The van der Waals surface area contributed by atoms with E-state index in [1.54, 1.807) is 17.0 Å². The highest BCUT2D eigenvalue weighted by atomic mass is 16.6. The first-order valence-corrected chi connectivity index (χ1v) is 10.5. The second-order valence-corrected chi connectivity index (χ2v) is 8.64. The van der Waals surface area contributed by atoms with Gasteiger partial charge in [-0.2, -0.15) is 5.26 Å². The molecule has 0 radical (unpaired) electrons. The number of rotatable bonds is 6. The predicted octanol–water partition coefficient (Wildman–Crippen LogP) is 3.43. The topological polar surface area (TPSA) is 99.9 Å². The number of nitriles is 1. The minimum atomic E-state index is -0.567. The lowest BCUT2D eigenvalue weighted by molar-refractivity contribution is -0.153. The van der Waals surface area contributed by atoms with Gasteiger partial charge >= 0.3 is 12.1 Å². The smallest absolute Gasteiger partial charge is 0.410 e. The van der Waals surface area contributed by atoms with Crippen LogP contribution in [0.3, 0.4) is 0 Å². The maximum Gasteiger partial charge on any atom is 0.410 e. The molecule has 1 aromatic carbocycles. The Balaban J connectivity index is 1.86. The molecule has 0 spiro atoms. The number of ether oxygens (including phenoxy) is 2. The minimum Gasteiger partial charge on any atom is -0.455 e. The zero-order valence-electron chi connectivity index (χ0n) is 18.7. The number of amides is 2. The van der Waals surface area contributed by atoms with Crippen molar-refractivity contribution in [2.24, 2.45) is 5.92 Å². The molecule has 0 bridgehead atoms. The fourth-order valence-electron chi connectivity index (χ4n) is 3.24. The molecular formula is C23H31N3O5. The molecular weight excluding hydrogens is 398 g/mol. The van der Waals surface area contributed by atoms with Gasteiger partial charge in [-0.25, -0.2) is 4.79 Å². The Labute approximate surface area is 183 Å². The average molecular weight is 430 g/mol. The van der Waals surface area contributed by atoms with Crippen LogP contribution in [0, 0.1) is 24.2 Å². The van der Waals surface area contributed by atoms with Crippen LogP contribution < -0.4 is 4.90 Å². The molecule has 8 nitrogen and oxygen atoms in total. The van der Waals surface area contributed by atoms with Crippen LogP contribution in [0.25, 0.3) is 0 Å². The number of esters is 1. The number of carbonyl (C=O) groups excluding carboxylic acids is 3. The summed E-state index contributed by atoms with van der Waals surface area (Å²) in [5, 5.41) is 8.89. The lowest BCUT2D eigenvalue weighted by Gasteiger charge is -2.32. The van der Waals surface area contributed by atoms with Gasteiger partial charge in [-0.15, -0.1) is 0 Å². The lowest BCUT2D eigenvalue weighted by atomic mass is 9.97. The van der Waals surface area contributed by atoms with E-state index in [4.69, 9.17) is 14.7 Å². The molecule has 1 fully saturated rings. The minimum absolute atomic E-state index is 0.177. The number of anilines is 1. The number of likely N-dealkylation sites (tertiary alicyclic amines) is 1. The van der Waals surface area contributed by atoms with Gasteiger partial charge in [-0.3, -0.25) is 9.59 Å². The van der Waals surface area contributed by atoms with Crippen LogP contribution in [0.15, 0.2) is 24.3 Å². The third-order valence-electron chi connectivity index (χ3n) is 4.91. The summed E-state index contributed by atoms with van der Waals surface area (Å²) in [5.41, 5.74) is 1.15. The molecule has 0 N–H and O–H groups in total. The first-order chi connectivity index (χ1) is 14.6. The van der Waals surface area contributed by atoms with Crippen LogP contribution in [0.2, 0.25) is 0 Å². The summed E-state index contributed by atoms with van der Waals surface area (Å²) in [4.78, 5) is 40.3. The molecule has 1 aliphatic heterocycles. The third kappa shape index (κ3) is 7.59. The number of piperidine rings is 1. The van der Waals surface area contributed by atoms with Gasteiger partial charge in [-0.1, -0.05) is 17.7 Å². The summed E-state index contributed by atoms with van der Waals surface area (Å²) in [6.07, 6.45) is 0.710. The van der Waals surface area contributed by atoms with E-state index in [-0.39, 0.29) is 37.5 Å². The summed E-state index contributed by atoms with van der Waals surface area (Å²) in [5.74, 6) is -1.18. The maximum atomic E-state index is 12.7. The van der Waals surface area contributed by atoms with Crippen molar-refractivity contribution in [1.29, 1.82) is 5.26 Å². The van der Waals surface area contributed by atoms with Crippen LogP contribution in [0.4, 0.5) is 10.5 Å². The summed E-state index contributed by atoms with van der Waals surface area (Å²) < 4.78 is 10.6. The van der Waals surface area contributed by atoms with Gasteiger partial charge < -0.3 is 19.3 Å². The van der Waals surface area contributed by atoms with E-state index in [0.29, 0.717) is 31.6 Å². The van der Waals surface area contributed by atoms with Gasteiger partial charge in [0.15, 0.2) is 6.61 Å². The molecule has 0 saturated carbocycles. The highest BCUT2D eigenvalue weighted by Crippen LogP contribution is 2.21. The van der Waals surface area contributed by atoms with Gasteiger partial charge in [0.2, 0.25) is 0 Å². The Kier molecular flexibility index (Phi) is 8.43. The van der Waals surface area contributed by atoms with E-state index in [1.165, 1.54) is 4.90 Å². The van der Waals surface area contributed by atoms with Crippen molar-refractivity contribution in [3.63, 3.8) is 0 Å². The molecule has 168 valence electrons. The van der Waals surface area contributed by atoms with Gasteiger partial charge in [0.25, 0.3) is 5.91 Å².